The summed E-state index contributed by atoms with van der Waals surface area (Å²) in [5, 5.41) is 16.4. The second-order valence-corrected chi connectivity index (χ2v) is 9.06. The fraction of sp³-hybridized carbons (Fsp3) is 0.417. The molecule has 3 rings (SSSR count). The van der Waals surface area contributed by atoms with Crippen molar-refractivity contribution in [3.8, 4) is 5.75 Å². The molecule has 0 heterocycles. The van der Waals surface area contributed by atoms with Crippen LogP contribution in [0.4, 0.5) is 5.69 Å². The lowest BCUT2D eigenvalue weighted by atomic mass is 9.82. The van der Waals surface area contributed by atoms with Gasteiger partial charge in [-0.1, -0.05) is 23.2 Å². The van der Waals surface area contributed by atoms with Gasteiger partial charge in [-0.2, -0.15) is 0 Å². The summed E-state index contributed by atoms with van der Waals surface area (Å²) in [5.74, 6) is -0.143. The van der Waals surface area contributed by atoms with Crippen LogP contribution in [0.15, 0.2) is 36.4 Å². The van der Waals surface area contributed by atoms with Gasteiger partial charge in [-0.15, -0.1) is 0 Å². The van der Waals surface area contributed by atoms with Crippen LogP contribution in [0.25, 0.3) is 0 Å². The number of amides is 1. The summed E-state index contributed by atoms with van der Waals surface area (Å²) in [7, 11) is 1.61. The molecule has 2 aromatic carbocycles. The molecule has 1 saturated carbocycles. The van der Waals surface area contributed by atoms with E-state index >= 15 is 0 Å². The molecule has 172 valence electrons. The van der Waals surface area contributed by atoms with E-state index in [1.165, 1.54) is 0 Å². The fourth-order valence-electron chi connectivity index (χ4n) is 4.08. The Bertz CT molecular complexity index is 974. The summed E-state index contributed by atoms with van der Waals surface area (Å²) in [6, 6.07) is 10.5. The smallest absolute Gasteiger partial charge is 0.306 e. The molecule has 1 aliphatic rings. The summed E-state index contributed by atoms with van der Waals surface area (Å²) in [5.41, 5.74) is 2.08. The Balaban J connectivity index is 1.58. The molecule has 1 atom stereocenters. The van der Waals surface area contributed by atoms with Gasteiger partial charge >= 0.3 is 5.97 Å². The highest BCUT2D eigenvalue weighted by atomic mass is 35.5. The molecule has 0 spiro atoms. The number of carboxylic acids is 1. The second-order valence-electron chi connectivity index (χ2n) is 8.21. The first-order valence-corrected chi connectivity index (χ1v) is 11.4. The van der Waals surface area contributed by atoms with E-state index in [1.54, 1.807) is 31.4 Å². The summed E-state index contributed by atoms with van der Waals surface area (Å²) < 4.78 is 5.42. The number of methoxy groups -OCH3 is 1. The number of carbonyl (C=O) groups is 2. The van der Waals surface area contributed by atoms with E-state index < -0.39 is 5.97 Å². The van der Waals surface area contributed by atoms with Gasteiger partial charge in [0.25, 0.3) is 5.91 Å². The van der Waals surface area contributed by atoms with E-state index in [4.69, 9.17) is 33.0 Å². The summed E-state index contributed by atoms with van der Waals surface area (Å²) >= 11 is 12.6. The lowest BCUT2D eigenvalue weighted by Crippen LogP contribution is -2.32. The Morgan fingerprint density at radius 2 is 1.84 bits per heavy atom. The van der Waals surface area contributed by atoms with Gasteiger partial charge in [0.05, 0.1) is 29.8 Å². The number of halogens is 2. The zero-order chi connectivity index (χ0) is 23.3. The first-order chi connectivity index (χ1) is 15.3. The van der Waals surface area contributed by atoms with E-state index in [9.17, 15) is 9.59 Å². The van der Waals surface area contributed by atoms with Crippen LogP contribution in [0.1, 0.15) is 54.6 Å². The van der Waals surface area contributed by atoms with Crippen molar-refractivity contribution in [3.63, 3.8) is 0 Å². The molecule has 0 radical (unpaired) electrons. The molecule has 8 heteroatoms. The van der Waals surface area contributed by atoms with Crippen LogP contribution in [0.5, 0.6) is 5.75 Å². The molecule has 6 nitrogen and oxygen atoms in total. The largest absolute Gasteiger partial charge is 0.496 e. The first-order valence-electron chi connectivity index (χ1n) is 10.7. The minimum atomic E-state index is -0.723. The van der Waals surface area contributed by atoms with Gasteiger partial charge in [0, 0.05) is 22.7 Å². The quantitative estimate of drug-likeness (QED) is 0.446. The average Bonchev–Trinajstić information content (AvgIpc) is 2.78. The highest BCUT2D eigenvalue weighted by Crippen LogP contribution is 2.33. The minimum Gasteiger partial charge on any atom is -0.496 e. The Kier molecular flexibility index (Phi) is 8.26. The van der Waals surface area contributed by atoms with Crippen molar-refractivity contribution in [2.75, 3.05) is 19.0 Å². The lowest BCUT2D eigenvalue weighted by molar-refractivity contribution is -0.143. The number of nitrogens with one attached hydrogen (secondary N) is 2. The fourth-order valence-corrected chi connectivity index (χ4v) is 4.50. The van der Waals surface area contributed by atoms with Crippen molar-refractivity contribution in [1.82, 2.24) is 5.32 Å². The Hall–Kier alpha value is -2.44. The zero-order valence-corrected chi connectivity index (χ0v) is 19.7. The third-order valence-corrected chi connectivity index (χ3v) is 6.56. The molecule has 1 amide bonds. The topological polar surface area (TPSA) is 87.7 Å². The number of ether oxygens (including phenoxy) is 1. The normalized spacial score (nSPS) is 19.1. The predicted octanol–water partition coefficient (Wildman–Crippen LogP) is 5.80. The average molecular weight is 479 g/mol. The number of aliphatic carboxylic acids is 1. The van der Waals surface area contributed by atoms with E-state index in [2.05, 4.69) is 10.6 Å². The Labute approximate surface area is 198 Å². The SMILES string of the molecule is COc1ccc(Cl)cc1[C@H](C)Nc1ccc(C(=O)NC[C@H]2CC[C@H](C(=O)O)CC2)cc1Cl. The van der Waals surface area contributed by atoms with Crippen molar-refractivity contribution in [3.05, 3.63) is 57.6 Å². The number of carbonyl (C=O) groups excluding carboxylic acids is 1. The van der Waals surface area contributed by atoms with Gasteiger partial charge in [-0.05, 0) is 74.9 Å². The third-order valence-electron chi connectivity index (χ3n) is 6.01. The van der Waals surface area contributed by atoms with E-state index in [0.29, 0.717) is 46.6 Å². The molecule has 0 aliphatic heterocycles. The minimum absolute atomic E-state index is 0.123. The van der Waals surface area contributed by atoms with Crippen molar-refractivity contribution in [1.29, 1.82) is 0 Å². The third kappa shape index (κ3) is 6.08. The van der Waals surface area contributed by atoms with Crippen LogP contribution in [0, 0.1) is 11.8 Å². The van der Waals surface area contributed by atoms with Crippen molar-refractivity contribution < 1.29 is 19.4 Å². The van der Waals surface area contributed by atoms with Gasteiger partial charge in [-0.25, -0.2) is 0 Å². The van der Waals surface area contributed by atoms with E-state index in [0.717, 1.165) is 24.2 Å². The molecule has 1 fully saturated rings. The van der Waals surface area contributed by atoms with E-state index in [-0.39, 0.29) is 17.9 Å². The van der Waals surface area contributed by atoms with E-state index in [1.807, 2.05) is 19.1 Å². The summed E-state index contributed by atoms with van der Waals surface area (Å²) in [6.45, 7) is 2.51. The first kappa shape index (κ1) is 24.2. The molecule has 2 aromatic rings. The van der Waals surface area contributed by atoms with Gasteiger partial charge in [0.2, 0.25) is 0 Å². The molecule has 0 aromatic heterocycles. The maximum Gasteiger partial charge on any atom is 0.306 e. The van der Waals surface area contributed by atoms with Crippen LogP contribution >= 0.6 is 23.2 Å². The molecule has 0 bridgehead atoms. The zero-order valence-electron chi connectivity index (χ0n) is 18.2. The standard InChI is InChI=1S/C24H28Cl2N2O4/c1-14(19-12-18(25)8-10-22(19)32-2)28-21-9-7-17(11-20(21)26)23(29)27-13-15-3-5-16(6-4-15)24(30)31/h7-12,14-16,28H,3-6,13H2,1-2H3,(H,27,29)(H,30,31)/t14-,15-,16-/m0/s1. The molecular weight excluding hydrogens is 451 g/mol. The monoisotopic (exact) mass is 478 g/mol. The van der Waals surface area contributed by atoms with Gasteiger partial charge in [-0.3, -0.25) is 9.59 Å². The second kappa shape index (κ2) is 10.9. The molecular formula is C24H28Cl2N2O4. The summed E-state index contributed by atoms with van der Waals surface area (Å²) in [4.78, 5) is 23.6. The number of benzene rings is 2. The van der Waals surface area contributed by atoms with Crippen molar-refractivity contribution in [2.45, 2.75) is 38.6 Å². The lowest BCUT2D eigenvalue weighted by Gasteiger charge is -2.26. The Morgan fingerprint density at radius 1 is 1.12 bits per heavy atom. The van der Waals surface area contributed by atoms with Crippen molar-refractivity contribution in [2.24, 2.45) is 11.8 Å². The molecule has 3 N–H and O–H groups in total. The molecule has 0 saturated heterocycles. The molecule has 0 unspecified atom stereocenters. The number of rotatable bonds is 8. The van der Waals surface area contributed by atoms with Crippen LogP contribution in [0.3, 0.4) is 0 Å². The van der Waals surface area contributed by atoms with Crippen LogP contribution < -0.4 is 15.4 Å². The Morgan fingerprint density at radius 3 is 2.47 bits per heavy atom. The van der Waals surface area contributed by atoms with Crippen LogP contribution in [0.2, 0.25) is 10.0 Å². The highest BCUT2D eigenvalue weighted by Gasteiger charge is 2.26. The molecule has 32 heavy (non-hydrogen) atoms. The number of hydrogen-bond acceptors (Lipinski definition) is 4. The highest BCUT2D eigenvalue weighted by molar-refractivity contribution is 6.33. The predicted molar refractivity (Wildman–Crippen MR) is 127 cm³/mol. The van der Waals surface area contributed by atoms with Gasteiger partial charge < -0.3 is 20.5 Å². The van der Waals surface area contributed by atoms with Crippen LogP contribution in [-0.2, 0) is 4.79 Å². The number of anilines is 1. The van der Waals surface area contributed by atoms with Gasteiger partial charge in [0.15, 0.2) is 0 Å². The van der Waals surface area contributed by atoms with Crippen LogP contribution in [-0.4, -0.2) is 30.6 Å². The maximum atomic E-state index is 12.6. The number of hydrogen-bond donors (Lipinski definition) is 3. The van der Waals surface area contributed by atoms with Gasteiger partial charge in [0.1, 0.15) is 5.75 Å². The maximum absolute atomic E-state index is 12.6. The number of carboxylic acid groups (broad SMARTS) is 1. The summed E-state index contributed by atoms with van der Waals surface area (Å²) in [6.07, 6.45) is 2.95. The molecule has 1 aliphatic carbocycles. The van der Waals surface area contributed by atoms with Crippen molar-refractivity contribution >= 4 is 40.8 Å².